The standard InChI is InChI=1S/2C18H35ClO2.Ba/c2*1-17(19)15-13-11-9-7-5-3-2-4-6-8-10-12-14-16-18(20)21;/h2*17H,2-16H2,1H3,(H,20,21);/q;;+2/p-2. The summed E-state index contributed by atoms with van der Waals surface area (Å²) in [6.45, 7) is 4.15. The molecule has 0 spiro atoms. The average molecular weight is 773 g/mol. The molecule has 43 heavy (non-hydrogen) atoms. The quantitative estimate of drug-likeness (QED) is 0.0388. The minimum atomic E-state index is -0.910. The van der Waals surface area contributed by atoms with E-state index in [0.717, 1.165) is 38.5 Å². The van der Waals surface area contributed by atoms with Gasteiger partial charge in [0.25, 0.3) is 0 Å². The van der Waals surface area contributed by atoms with Gasteiger partial charge in [-0.25, -0.2) is 0 Å². The van der Waals surface area contributed by atoms with Crippen LogP contribution < -0.4 is 10.2 Å². The third-order valence-electron chi connectivity index (χ3n) is 7.97. The summed E-state index contributed by atoms with van der Waals surface area (Å²) in [6.07, 6.45) is 35.5. The second-order valence-electron chi connectivity index (χ2n) is 12.6. The van der Waals surface area contributed by atoms with E-state index in [0.29, 0.717) is 10.8 Å². The molecular weight excluding hydrogens is 705 g/mol. The summed E-state index contributed by atoms with van der Waals surface area (Å²) < 4.78 is 0. The van der Waals surface area contributed by atoms with Crippen molar-refractivity contribution in [1.29, 1.82) is 0 Å². The van der Waals surface area contributed by atoms with E-state index < -0.39 is 11.9 Å². The largest absolute Gasteiger partial charge is 2.00 e. The van der Waals surface area contributed by atoms with Crippen molar-refractivity contribution < 1.29 is 19.8 Å². The van der Waals surface area contributed by atoms with Crippen LogP contribution in [0.5, 0.6) is 0 Å². The van der Waals surface area contributed by atoms with Crippen LogP contribution in [0.4, 0.5) is 0 Å². The van der Waals surface area contributed by atoms with Crippen molar-refractivity contribution >= 4 is 84.0 Å². The Hall–Kier alpha value is 1.09. The second kappa shape index (κ2) is 41.1. The maximum atomic E-state index is 10.2. The first-order chi connectivity index (χ1) is 20.3. The summed E-state index contributed by atoms with van der Waals surface area (Å²) in [5, 5.41) is 21.1. The number of halogens is 2. The molecule has 0 fully saturated rings. The fourth-order valence-corrected chi connectivity index (χ4v) is 5.59. The molecule has 0 aromatic carbocycles. The Morgan fingerprint density at radius 2 is 0.558 bits per heavy atom. The van der Waals surface area contributed by atoms with Crippen molar-refractivity contribution in [3.63, 3.8) is 0 Å². The second-order valence-corrected chi connectivity index (χ2v) is 14.1. The van der Waals surface area contributed by atoms with Gasteiger partial charge in [-0.1, -0.05) is 154 Å². The Morgan fingerprint density at radius 3 is 0.721 bits per heavy atom. The Balaban J connectivity index is -0.000000727. The topological polar surface area (TPSA) is 80.3 Å². The molecule has 0 aromatic heterocycles. The third kappa shape index (κ3) is 52.9. The number of alkyl halides is 2. The van der Waals surface area contributed by atoms with Gasteiger partial charge in [0.1, 0.15) is 0 Å². The Bertz CT molecular complexity index is 513. The molecule has 0 rings (SSSR count). The molecule has 0 N–H and O–H groups in total. The molecule has 0 aliphatic carbocycles. The molecular formula is C36H68BaCl2O4. The maximum Gasteiger partial charge on any atom is 2.00 e. The van der Waals surface area contributed by atoms with Crippen LogP contribution >= 0.6 is 23.2 Å². The first kappa shape index (κ1) is 48.5. The Labute approximate surface area is 318 Å². The van der Waals surface area contributed by atoms with Crippen LogP contribution in [0.25, 0.3) is 0 Å². The molecule has 0 aliphatic rings. The van der Waals surface area contributed by atoms with E-state index in [4.69, 9.17) is 23.2 Å². The smallest absolute Gasteiger partial charge is 0.550 e. The van der Waals surface area contributed by atoms with Gasteiger partial charge in [-0.2, -0.15) is 0 Å². The monoisotopic (exact) mass is 772 g/mol. The van der Waals surface area contributed by atoms with Crippen molar-refractivity contribution in [2.24, 2.45) is 0 Å². The van der Waals surface area contributed by atoms with E-state index >= 15 is 0 Å². The molecule has 0 heterocycles. The van der Waals surface area contributed by atoms with Crippen LogP contribution in [0.15, 0.2) is 0 Å². The van der Waals surface area contributed by atoms with Crippen molar-refractivity contribution in [1.82, 2.24) is 0 Å². The molecule has 0 aromatic rings. The summed E-state index contributed by atoms with van der Waals surface area (Å²) in [7, 11) is 0. The molecule has 7 heteroatoms. The normalized spacial score (nSPS) is 12.2. The third-order valence-corrected chi connectivity index (χ3v) is 8.40. The van der Waals surface area contributed by atoms with Crippen LogP contribution in [0.2, 0.25) is 0 Å². The molecule has 4 nitrogen and oxygen atoms in total. The fourth-order valence-electron chi connectivity index (χ4n) is 5.28. The van der Waals surface area contributed by atoms with Gasteiger partial charge in [-0.05, 0) is 52.4 Å². The first-order valence-electron chi connectivity index (χ1n) is 17.9. The zero-order valence-electron chi connectivity index (χ0n) is 28.5. The van der Waals surface area contributed by atoms with Gasteiger partial charge in [0.15, 0.2) is 0 Å². The molecule has 2 atom stereocenters. The predicted octanol–water partition coefficient (Wildman–Crippen LogP) is 10.0. The number of carboxylic acids is 2. The van der Waals surface area contributed by atoms with E-state index in [2.05, 4.69) is 13.8 Å². The van der Waals surface area contributed by atoms with Crippen molar-refractivity contribution in [2.75, 3.05) is 0 Å². The number of unbranched alkanes of at least 4 members (excludes halogenated alkanes) is 24. The zero-order valence-corrected chi connectivity index (χ0v) is 34.4. The van der Waals surface area contributed by atoms with Gasteiger partial charge < -0.3 is 19.8 Å². The molecule has 252 valence electrons. The summed E-state index contributed by atoms with van der Waals surface area (Å²) in [5.41, 5.74) is 0. The zero-order chi connectivity index (χ0) is 31.5. The SMILES string of the molecule is CC(Cl)CCCCCCCCCCCCCCCC(=O)[O-].CC(Cl)CCCCCCCCCCCCCCCC(=O)[O-].[Ba+2]. The number of carbonyl (C=O) groups is 2. The summed E-state index contributed by atoms with van der Waals surface area (Å²) in [5.74, 6) is -1.82. The number of rotatable bonds is 32. The van der Waals surface area contributed by atoms with Gasteiger partial charge in [0.2, 0.25) is 0 Å². The van der Waals surface area contributed by atoms with Crippen molar-refractivity contribution in [3.8, 4) is 0 Å². The van der Waals surface area contributed by atoms with Crippen LogP contribution in [0.3, 0.4) is 0 Å². The number of aliphatic carboxylic acids is 2. The van der Waals surface area contributed by atoms with E-state index in [9.17, 15) is 19.8 Å². The van der Waals surface area contributed by atoms with Crippen LogP contribution in [0, 0.1) is 0 Å². The van der Waals surface area contributed by atoms with Gasteiger partial charge in [-0.15, -0.1) is 23.2 Å². The molecule has 0 bridgehead atoms. The molecule has 2 unspecified atom stereocenters. The van der Waals surface area contributed by atoms with Crippen molar-refractivity contribution in [2.45, 2.75) is 217 Å². The van der Waals surface area contributed by atoms with Gasteiger partial charge in [-0.3, -0.25) is 0 Å². The Morgan fingerprint density at radius 1 is 0.395 bits per heavy atom. The van der Waals surface area contributed by atoms with Crippen LogP contribution in [-0.4, -0.2) is 71.6 Å². The summed E-state index contributed by atoms with van der Waals surface area (Å²) in [6, 6.07) is 0. The summed E-state index contributed by atoms with van der Waals surface area (Å²) in [4.78, 5) is 20.5. The van der Waals surface area contributed by atoms with Gasteiger partial charge >= 0.3 is 48.9 Å². The van der Waals surface area contributed by atoms with Crippen LogP contribution in [-0.2, 0) is 9.59 Å². The summed E-state index contributed by atoms with van der Waals surface area (Å²) >= 11 is 11.8. The number of carboxylic acid groups (broad SMARTS) is 2. The molecule has 0 saturated heterocycles. The van der Waals surface area contributed by atoms with Crippen LogP contribution in [0.1, 0.15) is 206 Å². The average Bonchev–Trinajstić information content (AvgIpc) is 2.92. The van der Waals surface area contributed by atoms with E-state index in [1.165, 1.54) is 141 Å². The number of hydrogen-bond acceptors (Lipinski definition) is 4. The van der Waals surface area contributed by atoms with E-state index in [1.54, 1.807) is 0 Å². The predicted molar refractivity (Wildman–Crippen MR) is 185 cm³/mol. The first-order valence-corrected chi connectivity index (χ1v) is 18.8. The van der Waals surface area contributed by atoms with E-state index in [1.807, 2.05) is 0 Å². The number of carbonyl (C=O) groups excluding carboxylic acids is 2. The maximum absolute atomic E-state index is 10.2. The number of hydrogen-bond donors (Lipinski definition) is 0. The van der Waals surface area contributed by atoms with E-state index in [-0.39, 0.29) is 61.7 Å². The van der Waals surface area contributed by atoms with Crippen molar-refractivity contribution in [3.05, 3.63) is 0 Å². The Kier molecular flexibility index (Phi) is 46.4. The molecule has 0 aliphatic heterocycles. The van der Waals surface area contributed by atoms with Gasteiger partial charge in [0.05, 0.1) is 0 Å². The minimum Gasteiger partial charge on any atom is -0.550 e. The minimum absolute atomic E-state index is 0. The molecule has 0 amide bonds. The molecule has 0 radical (unpaired) electrons. The van der Waals surface area contributed by atoms with Gasteiger partial charge in [0, 0.05) is 22.7 Å². The fraction of sp³-hybridized carbons (Fsp3) is 0.944. The molecule has 0 saturated carbocycles.